The van der Waals surface area contributed by atoms with Crippen LogP contribution in [0.5, 0.6) is 5.75 Å². The highest BCUT2D eigenvalue weighted by Crippen LogP contribution is 2.28. The van der Waals surface area contributed by atoms with Crippen LogP contribution in [-0.4, -0.2) is 57.2 Å². The van der Waals surface area contributed by atoms with Crippen LogP contribution in [-0.2, 0) is 0 Å². The number of amides is 1. The Morgan fingerprint density at radius 1 is 1.07 bits per heavy atom. The fraction of sp³-hybridized carbons (Fsp3) is 0.348. The molecule has 1 saturated heterocycles. The summed E-state index contributed by atoms with van der Waals surface area (Å²) in [6.45, 7) is 5.62. The van der Waals surface area contributed by atoms with E-state index in [2.05, 4.69) is 27.2 Å². The van der Waals surface area contributed by atoms with Crippen LogP contribution in [0, 0.1) is 0 Å². The van der Waals surface area contributed by atoms with Gasteiger partial charge in [0.15, 0.2) is 0 Å². The highest BCUT2D eigenvalue weighted by Gasteiger charge is 2.19. The van der Waals surface area contributed by atoms with E-state index >= 15 is 0 Å². The second-order valence-corrected chi connectivity index (χ2v) is 7.26. The number of rotatable bonds is 7. The summed E-state index contributed by atoms with van der Waals surface area (Å²) in [5, 5.41) is 3.87. The summed E-state index contributed by atoms with van der Waals surface area (Å²) >= 11 is 0. The van der Waals surface area contributed by atoms with Gasteiger partial charge in [-0.05, 0) is 31.2 Å². The molecule has 1 fully saturated rings. The topological polar surface area (TPSA) is 58.0 Å². The molecule has 1 amide bonds. The van der Waals surface area contributed by atoms with Crippen LogP contribution in [0.25, 0.3) is 11.0 Å². The molecule has 3 aromatic rings. The molecule has 1 aromatic heterocycles. The number of nitrogens with zero attached hydrogens (tertiary/aromatic N) is 2. The van der Waals surface area contributed by atoms with E-state index in [1.807, 2.05) is 36.4 Å². The van der Waals surface area contributed by atoms with E-state index in [1.54, 1.807) is 7.11 Å². The molecular formula is C23H27N3O3. The fourth-order valence-corrected chi connectivity index (χ4v) is 3.86. The average molecular weight is 393 g/mol. The smallest absolute Gasteiger partial charge is 0.255 e. The highest BCUT2D eigenvalue weighted by atomic mass is 16.5. The van der Waals surface area contributed by atoms with Gasteiger partial charge in [-0.1, -0.05) is 30.3 Å². The predicted molar refractivity (Wildman–Crippen MR) is 115 cm³/mol. The van der Waals surface area contributed by atoms with Gasteiger partial charge in [0, 0.05) is 38.1 Å². The van der Waals surface area contributed by atoms with Crippen molar-refractivity contribution < 1.29 is 13.9 Å². The van der Waals surface area contributed by atoms with Gasteiger partial charge in [0.05, 0.1) is 18.4 Å². The molecule has 1 aliphatic rings. The van der Waals surface area contributed by atoms with E-state index < -0.39 is 0 Å². The standard InChI is InChI=1S/C23H27N3O3/c1-28-22-10-5-3-8-20(22)26-15-13-25(14-16-26)12-6-11-24-23(27)19-17-29-21-9-4-2-7-18(19)21/h2-5,7-10,17H,6,11-16H2,1H3,(H,24,27). The van der Waals surface area contributed by atoms with Gasteiger partial charge in [0.25, 0.3) is 5.91 Å². The molecule has 0 unspecified atom stereocenters. The van der Waals surface area contributed by atoms with E-state index in [-0.39, 0.29) is 5.91 Å². The van der Waals surface area contributed by atoms with Gasteiger partial charge in [0.1, 0.15) is 17.6 Å². The number of hydrogen-bond donors (Lipinski definition) is 1. The van der Waals surface area contributed by atoms with Crippen molar-refractivity contribution in [1.82, 2.24) is 10.2 Å². The molecule has 6 heteroatoms. The van der Waals surface area contributed by atoms with Crippen molar-refractivity contribution in [2.24, 2.45) is 0 Å². The lowest BCUT2D eigenvalue weighted by Crippen LogP contribution is -2.47. The number of hydrogen-bond acceptors (Lipinski definition) is 5. The normalized spacial score (nSPS) is 14.9. The summed E-state index contributed by atoms with van der Waals surface area (Å²) in [7, 11) is 1.72. The van der Waals surface area contributed by atoms with E-state index in [9.17, 15) is 4.79 Å². The average Bonchev–Trinajstić information content (AvgIpc) is 3.21. The number of carbonyl (C=O) groups excluding carboxylic acids is 1. The molecule has 6 nitrogen and oxygen atoms in total. The molecule has 0 aliphatic carbocycles. The van der Waals surface area contributed by atoms with E-state index in [4.69, 9.17) is 9.15 Å². The maximum absolute atomic E-state index is 12.4. The molecule has 0 bridgehead atoms. The van der Waals surface area contributed by atoms with E-state index in [0.29, 0.717) is 12.1 Å². The van der Waals surface area contributed by atoms with Gasteiger partial charge < -0.3 is 19.4 Å². The monoisotopic (exact) mass is 393 g/mol. The van der Waals surface area contributed by atoms with Gasteiger partial charge in [-0.15, -0.1) is 0 Å². The van der Waals surface area contributed by atoms with Gasteiger partial charge >= 0.3 is 0 Å². The number of anilines is 1. The maximum Gasteiger partial charge on any atom is 0.255 e. The summed E-state index contributed by atoms with van der Waals surface area (Å²) in [4.78, 5) is 17.3. The Hall–Kier alpha value is -2.99. The van der Waals surface area contributed by atoms with Crippen LogP contribution < -0.4 is 15.0 Å². The number of para-hydroxylation sites is 3. The van der Waals surface area contributed by atoms with Crippen molar-refractivity contribution in [1.29, 1.82) is 0 Å². The first-order valence-electron chi connectivity index (χ1n) is 10.1. The maximum atomic E-state index is 12.4. The molecule has 4 rings (SSSR count). The number of benzene rings is 2. The lowest BCUT2D eigenvalue weighted by Gasteiger charge is -2.36. The lowest BCUT2D eigenvalue weighted by molar-refractivity contribution is 0.0952. The third kappa shape index (κ3) is 4.38. The number of ether oxygens (including phenoxy) is 1. The molecule has 152 valence electrons. The molecule has 1 N–H and O–H groups in total. The Balaban J connectivity index is 1.21. The summed E-state index contributed by atoms with van der Waals surface area (Å²) < 4.78 is 10.9. The second-order valence-electron chi connectivity index (χ2n) is 7.26. The molecule has 2 aromatic carbocycles. The largest absolute Gasteiger partial charge is 0.495 e. The van der Waals surface area contributed by atoms with Crippen LogP contribution in [0.3, 0.4) is 0 Å². The van der Waals surface area contributed by atoms with E-state index in [0.717, 1.165) is 61.6 Å². The van der Waals surface area contributed by atoms with Gasteiger partial charge in [-0.2, -0.15) is 0 Å². The first kappa shape index (κ1) is 19.3. The molecule has 0 atom stereocenters. The fourth-order valence-electron chi connectivity index (χ4n) is 3.86. The Labute approximate surface area is 171 Å². The van der Waals surface area contributed by atoms with E-state index in [1.165, 1.54) is 6.26 Å². The van der Waals surface area contributed by atoms with Crippen molar-refractivity contribution in [2.75, 3.05) is 51.3 Å². The second kappa shape index (κ2) is 9.01. The minimum absolute atomic E-state index is 0.0732. The minimum atomic E-state index is -0.0732. The number of carbonyl (C=O) groups is 1. The van der Waals surface area contributed by atoms with Crippen LogP contribution in [0.4, 0.5) is 5.69 Å². The molecule has 29 heavy (non-hydrogen) atoms. The van der Waals surface area contributed by atoms with Crippen molar-refractivity contribution in [2.45, 2.75) is 6.42 Å². The van der Waals surface area contributed by atoms with Crippen LogP contribution >= 0.6 is 0 Å². The third-order valence-electron chi connectivity index (χ3n) is 5.46. The first-order chi connectivity index (χ1) is 14.3. The number of furan rings is 1. The molecular weight excluding hydrogens is 366 g/mol. The molecule has 2 heterocycles. The van der Waals surface area contributed by atoms with Crippen LogP contribution in [0.15, 0.2) is 59.2 Å². The molecule has 0 saturated carbocycles. The Morgan fingerprint density at radius 3 is 2.66 bits per heavy atom. The zero-order valence-corrected chi connectivity index (χ0v) is 16.8. The lowest BCUT2D eigenvalue weighted by atomic mass is 10.1. The Bertz CT molecular complexity index is 961. The van der Waals surface area contributed by atoms with Gasteiger partial charge in [-0.25, -0.2) is 0 Å². The highest BCUT2D eigenvalue weighted by molar-refractivity contribution is 6.05. The summed E-state index contributed by atoms with van der Waals surface area (Å²) in [5.41, 5.74) is 2.51. The van der Waals surface area contributed by atoms with Gasteiger partial charge in [0.2, 0.25) is 0 Å². The molecule has 0 radical (unpaired) electrons. The summed E-state index contributed by atoms with van der Waals surface area (Å²) in [6, 6.07) is 15.8. The Morgan fingerprint density at radius 2 is 1.83 bits per heavy atom. The van der Waals surface area contributed by atoms with Gasteiger partial charge in [-0.3, -0.25) is 9.69 Å². The third-order valence-corrected chi connectivity index (χ3v) is 5.46. The van der Waals surface area contributed by atoms with Crippen molar-refractivity contribution in [3.8, 4) is 5.75 Å². The molecule has 0 spiro atoms. The number of piperazine rings is 1. The van der Waals surface area contributed by atoms with Crippen LogP contribution in [0.1, 0.15) is 16.8 Å². The predicted octanol–water partition coefficient (Wildman–Crippen LogP) is 3.38. The number of methoxy groups -OCH3 is 1. The van der Waals surface area contributed by atoms with Crippen molar-refractivity contribution in [3.63, 3.8) is 0 Å². The minimum Gasteiger partial charge on any atom is -0.495 e. The zero-order chi connectivity index (χ0) is 20.1. The summed E-state index contributed by atoms with van der Waals surface area (Å²) in [6.07, 6.45) is 2.47. The van der Waals surface area contributed by atoms with Crippen LogP contribution in [0.2, 0.25) is 0 Å². The first-order valence-corrected chi connectivity index (χ1v) is 10.1. The SMILES string of the molecule is COc1ccccc1N1CCN(CCCNC(=O)c2coc3ccccc23)CC1. The molecule has 1 aliphatic heterocycles. The summed E-state index contributed by atoms with van der Waals surface area (Å²) in [5.74, 6) is 0.853. The Kier molecular flexibility index (Phi) is 6.00. The number of fused-ring (bicyclic) bond motifs is 1. The zero-order valence-electron chi connectivity index (χ0n) is 16.8. The quantitative estimate of drug-likeness (QED) is 0.624. The van der Waals surface area contributed by atoms with Crippen molar-refractivity contribution >= 4 is 22.6 Å². The number of nitrogens with one attached hydrogen (secondary N) is 1. The van der Waals surface area contributed by atoms with Crippen molar-refractivity contribution in [3.05, 3.63) is 60.4 Å².